The second-order valence-corrected chi connectivity index (χ2v) is 6.76. The van der Waals surface area contributed by atoms with Gasteiger partial charge in [0.25, 0.3) is 0 Å². The fraction of sp³-hybridized carbons (Fsp3) is 0.900. The lowest BCUT2D eigenvalue weighted by molar-refractivity contribution is 0.238. The van der Waals surface area contributed by atoms with E-state index in [9.17, 15) is 9.00 Å². The highest BCUT2D eigenvalue weighted by atomic mass is 32.2. The smallest absolute Gasteiger partial charge is 0.315 e. The largest absolute Gasteiger partial charge is 0.338 e. The molecule has 2 atom stereocenters. The van der Waals surface area contributed by atoms with Crippen molar-refractivity contribution < 1.29 is 9.00 Å². The third kappa shape index (κ3) is 5.75. The van der Waals surface area contributed by atoms with Crippen LogP contribution >= 0.6 is 11.8 Å². The molecule has 1 heterocycles. The highest BCUT2D eigenvalue weighted by Crippen LogP contribution is 2.06. The molecule has 94 valence electrons. The van der Waals surface area contributed by atoms with Crippen LogP contribution in [0, 0.1) is 0 Å². The minimum absolute atomic E-state index is 0.103. The van der Waals surface area contributed by atoms with Crippen LogP contribution in [0.3, 0.4) is 0 Å². The Kier molecular flexibility index (Phi) is 6.87. The number of rotatable bonds is 6. The van der Waals surface area contributed by atoms with Gasteiger partial charge in [0.2, 0.25) is 0 Å². The Morgan fingerprint density at radius 1 is 1.56 bits per heavy atom. The Labute approximate surface area is 104 Å². The molecular weight excluding hydrogens is 244 g/mol. The Balaban J connectivity index is 2.00. The van der Waals surface area contributed by atoms with E-state index in [0.717, 1.165) is 30.1 Å². The van der Waals surface area contributed by atoms with E-state index in [0.29, 0.717) is 12.3 Å². The van der Waals surface area contributed by atoms with Crippen LogP contribution < -0.4 is 10.6 Å². The predicted molar refractivity (Wildman–Crippen MR) is 70.4 cm³/mol. The number of thioether (sulfide) groups is 1. The summed E-state index contributed by atoms with van der Waals surface area (Å²) in [7, 11) is -0.725. The van der Waals surface area contributed by atoms with E-state index in [2.05, 4.69) is 17.6 Å². The molecule has 0 aromatic heterocycles. The summed E-state index contributed by atoms with van der Waals surface area (Å²) in [6, 6.07) is -0.0174. The monoisotopic (exact) mass is 264 g/mol. The first-order chi connectivity index (χ1) is 7.72. The number of hydrogen-bond donors (Lipinski definition) is 2. The maximum Gasteiger partial charge on any atom is 0.315 e. The molecule has 2 unspecified atom stereocenters. The molecule has 1 rings (SSSR count). The molecule has 0 aromatic carbocycles. The van der Waals surface area contributed by atoms with Gasteiger partial charge < -0.3 is 10.6 Å². The summed E-state index contributed by atoms with van der Waals surface area (Å²) in [5.41, 5.74) is 0. The number of carbonyl (C=O) groups is 1. The molecule has 6 heteroatoms. The van der Waals surface area contributed by atoms with Gasteiger partial charge in [-0.05, 0) is 24.3 Å². The first kappa shape index (κ1) is 13.8. The summed E-state index contributed by atoms with van der Waals surface area (Å²) in [6.07, 6.45) is 1.84. The van der Waals surface area contributed by atoms with E-state index in [1.807, 2.05) is 11.8 Å². The zero-order chi connectivity index (χ0) is 11.8. The Hall–Kier alpha value is -0.230. The molecule has 2 amide bonds. The van der Waals surface area contributed by atoms with Crippen LogP contribution in [0.1, 0.15) is 19.8 Å². The fourth-order valence-corrected chi connectivity index (χ4v) is 3.59. The molecule has 0 bridgehead atoms. The van der Waals surface area contributed by atoms with Gasteiger partial charge in [-0.25, -0.2) is 4.79 Å². The highest BCUT2D eigenvalue weighted by Gasteiger charge is 2.22. The first-order valence-corrected chi connectivity index (χ1v) is 8.33. The molecule has 2 N–H and O–H groups in total. The minimum Gasteiger partial charge on any atom is -0.338 e. The topological polar surface area (TPSA) is 58.2 Å². The van der Waals surface area contributed by atoms with Gasteiger partial charge in [0.05, 0.1) is 0 Å². The molecule has 1 fully saturated rings. The Morgan fingerprint density at radius 2 is 2.38 bits per heavy atom. The zero-order valence-electron chi connectivity index (χ0n) is 9.66. The van der Waals surface area contributed by atoms with E-state index in [1.165, 1.54) is 0 Å². The number of carbonyl (C=O) groups excluding carboxylic acids is 1. The minimum atomic E-state index is -0.725. The second kappa shape index (κ2) is 7.95. The maximum atomic E-state index is 11.4. The predicted octanol–water partition coefficient (Wildman–Crippen LogP) is 0.950. The van der Waals surface area contributed by atoms with Crippen LogP contribution in [0.4, 0.5) is 4.79 Å². The molecule has 1 saturated heterocycles. The molecular formula is C10H20N2O2S2. The van der Waals surface area contributed by atoms with E-state index < -0.39 is 10.8 Å². The van der Waals surface area contributed by atoms with E-state index >= 15 is 0 Å². The molecule has 0 spiro atoms. The van der Waals surface area contributed by atoms with Gasteiger partial charge in [-0.15, -0.1) is 0 Å². The standard InChI is InChI=1S/C10H20N2O2S2/c1-2-15-6-3-5-11-10(13)12-9-4-7-16(14)8-9/h9H,2-8H2,1H3,(H2,11,12,13). The number of amides is 2. The average molecular weight is 264 g/mol. The van der Waals surface area contributed by atoms with Gasteiger partial charge in [-0.2, -0.15) is 11.8 Å². The Morgan fingerprint density at radius 3 is 3.00 bits per heavy atom. The van der Waals surface area contributed by atoms with E-state index in [4.69, 9.17) is 0 Å². The maximum absolute atomic E-state index is 11.4. The molecule has 0 aromatic rings. The second-order valence-electron chi connectivity index (χ2n) is 3.75. The van der Waals surface area contributed by atoms with Crippen molar-refractivity contribution in [1.82, 2.24) is 10.6 Å². The fourth-order valence-electron chi connectivity index (χ4n) is 1.54. The number of nitrogens with one attached hydrogen (secondary N) is 2. The van der Waals surface area contributed by atoms with Crippen LogP contribution in [0.5, 0.6) is 0 Å². The van der Waals surface area contributed by atoms with Crippen LogP contribution in [-0.2, 0) is 10.8 Å². The van der Waals surface area contributed by atoms with Crippen molar-refractivity contribution in [2.24, 2.45) is 0 Å². The van der Waals surface area contributed by atoms with Crippen molar-refractivity contribution in [3.63, 3.8) is 0 Å². The lowest BCUT2D eigenvalue weighted by Gasteiger charge is -2.11. The molecule has 0 aliphatic carbocycles. The van der Waals surface area contributed by atoms with Gasteiger partial charge in [0.1, 0.15) is 0 Å². The number of urea groups is 1. The summed E-state index contributed by atoms with van der Waals surface area (Å²) >= 11 is 1.88. The van der Waals surface area contributed by atoms with Crippen molar-refractivity contribution in [3.05, 3.63) is 0 Å². The Bertz CT molecular complexity index is 249. The SMILES string of the molecule is CCSCCCNC(=O)NC1CCS(=O)C1. The first-order valence-electron chi connectivity index (χ1n) is 5.69. The molecule has 1 aliphatic heterocycles. The lowest BCUT2D eigenvalue weighted by atomic mass is 10.3. The number of hydrogen-bond acceptors (Lipinski definition) is 3. The van der Waals surface area contributed by atoms with Gasteiger partial charge in [-0.1, -0.05) is 6.92 Å². The quantitative estimate of drug-likeness (QED) is 0.702. The van der Waals surface area contributed by atoms with E-state index in [1.54, 1.807) is 0 Å². The van der Waals surface area contributed by atoms with Gasteiger partial charge >= 0.3 is 6.03 Å². The summed E-state index contributed by atoms with van der Waals surface area (Å²) in [5, 5.41) is 5.67. The molecule has 1 aliphatic rings. The third-order valence-electron chi connectivity index (χ3n) is 2.37. The van der Waals surface area contributed by atoms with Crippen molar-refractivity contribution in [1.29, 1.82) is 0 Å². The summed E-state index contributed by atoms with van der Waals surface area (Å²) in [5.74, 6) is 3.54. The van der Waals surface area contributed by atoms with Gasteiger partial charge in [0, 0.05) is 34.9 Å². The highest BCUT2D eigenvalue weighted by molar-refractivity contribution is 7.99. The summed E-state index contributed by atoms with van der Waals surface area (Å²) < 4.78 is 11.1. The van der Waals surface area contributed by atoms with Crippen molar-refractivity contribution in [2.45, 2.75) is 25.8 Å². The van der Waals surface area contributed by atoms with Crippen LogP contribution in [-0.4, -0.2) is 45.8 Å². The average Bonchev–Trinajstić information content (AvgIpc) is 2.63. The molecule has 0 saturated carbocycles. The molecule has 16 heavy (non-hydrogen) atoms. The van der Waals surface area contributed by atoms with Crippen LogP contribution in [0.2, 0.25) is 0 Å². The lowest BCUT2D eigenvalue weighted by Crippen LogP contribution is -2.42. The molecule has 0 radical (unpaired) electrons. The van der Waals surface area contributed by atoms with Crippen LogP contribution in [0.15, 0.2) is 0 Å². The normalized spacial score (nSPS) is 24.3. The third-order valence-corrected chi connectivity index (χ3v) is 4.82. The van der Waals surface area contributed by atoms with Crippen LogP contribution in [0.25, 0.3) is 0 Å². The van der Waals surface area contributed by atoms with Crippen molar-refractivity contribution in [3.8, 4) is 0 Å². The van der Waals surface area contributed by atoms with Gasteiger partial charge in [-0.3, -0.25) is 4.21 Å². The van der Waals surface area contributed by atoms with E-state index in [-0.39, 0.29) is 12.1 Å². The van der Waals surface area contributed by atoms with Gasteiger partial charge in [0.15, 0.2) is 0 Å². The summed E-state index contributed by atoms with van der Waals surface area (Å²) in [6.45, 7) is 2.85. The van der Waals surface area contributed by atoms with Crippen molar-refractivity contribution in [2.75, 3.05) is 29.6 Å². The van der Waals surface area contributed by atoms with Crippen molar-refractivity contribution >= 4 is 28.6 Å². The zero-order valence-corrected chi connectivity index (χ0v) is 11.3. The molecule has 4 nitrogen and oxygen atoms in total. The summed E-state index contributed by atoms with van der Waals surface area (Å²) in [4.78, 5) is 11.4.